The second-order valence-electron chi connectivity index (χ2n) is 11.4. The van der Waals surface area contributed by atoms with E-state index in [1.807, 2.05) is 38.4 Å². The van der Waals surface area contributed by atoms with E-state index in [1.165, 1.54) is 10.4 Å². The molecular formula is C33H35B2N3O5. The first-order valence-electron chi connectivity index (χ1n) is 14.6. The zero-order valence-electron chi connectivity index (χ0n) is 25.2. The van der Waals surface area contributed by atoms with Gasteiger partial charge in [0.15, 0.2) is 11.5 Å². The van der Waals surface area contributed by atoms with Crippen LogP contribution in [0.15, 0.2) is 60.9 Å². The second-order valence-corrected chi connectivity index (χ2v) is 11.4. The molecule has 2 aromatic heterocycles. The molecule has 0 aliphatic carbocycles. The third-order valence-electron chi connectivity index (χ3n) is 8.75. The van der Waals surface area contributed by atoms with E-state index in [2.05, 4.69) is 48.1 Å². The largest absolute Gasteiger partial charge is 0.493 e. The molecule has 2 N–H and O–H groups in total. The van der Waals surface area contributed by atoms with Crippen molar-refractivity contribution in [2.75, 3.05) is 27.9 Å². The number of hydrogen-bond acceptors (Lipinski definition) is 5. The van der Waals surface area contributed by atoms with Crippen LogP contribution in [0.1, 0.15) is 47.8 Å². The van der Waals surface area contributed by atoms with E-state index in [9.17, 15) is 9.59 Å². The van der Waals surface area contributed by atoms with Gasteiger partial charge in [0.1, 0.15) is 15.7 Å². The fourth-order valence-electron chi connectivity index (χ4n) is 6.49. The molecule has 1 aliphatic heterocycles. The van der Waals surface area contributed by atoms with E-state index in [0.717, 1.165) is 50.4 Å². The van der Waals surface area contributed by atoms with Crippen molar-refractivity contribution in [3.05, 3.63) is 77.6 Å². The quantitative estimate of drug-likeness (QED) is 0.278. The second kappa shape index (κ2) is 11.6. The van der Waals surface area contributed by atoms with Gasteiger partial charge in [0.2, 0.25) is 17.6 Å². The molecule has 0 radical (unpaired) electrons. The Morgan fingerprint density at radius 2 is 1.53 bits per heavy atom. The lowest BCUT2D eigenvalue weighted by molar-refractivity contribution is -0.147. The van der Waals surface area contributed by atoms with Crippen molar-refractivity contribution in [2.24, 2.45) is 0 Å². The van der Waals surface area contributed by atoms with Crippen molar-refractivity contribution in [2.45, 2.75) is 31.1 Å². The number of carbonyl (C=O) groups is 2. The fourth-order valence-corrected chi connectivity index (χ4v) is 6.49. The zero-order chi connectivity index (χ0) is 30.2. The molecule has 0 spiro atoms. The Labute approximate surface area is 252 Å². The highest BCUT2D eigenvalue weighted by Crippen LogP contribution is 2.44. The van der Waals surface area contributed by atoms with Gasteiger partial charge in [-0.1, -0.05) is 35.2 Å². The smallest absolute Gasteiger partial charge is 0.230 e. The number of carbonyl (C=O) groups excluding carboxylic acids is 2. The van der Waals surface area contributed by atoms with Crippen LogP contribution in [-0.4, -0.2) is 70.2 Å². The number of nitrogens with one attached hydrogen (secondary N) is 2. The van der Waals surface area contributed by atoms with Gasteiger partial charge in [0, 0.05) is 59.5 Å². The van der Waals surface area contributed by atoms with Crippen molar-refractivity contribution in [1.82, 2.24) is 14.9 Å². The Hall–Kier alpha value is -4.59. The highest BCUT2D eigenvalue weighted by Gasteiger charge is 2.34. The fraction of sp³-hybridized carbons (Fsp3) is 0.273. The first-order chi connectivity index (χ1) is 20.8. The number of methoxy groups -OCH3 is 3. The van der Waals surface area contributed by atoms with Gasteiger partial charge in [0.05, 0.1) is 21.3 Å². The molecule has 1 aliphatic rings. The van der Waals surface area contributed by atoms with Gasteiger partial charge < -0.3 is 24.2 Å². The van der Waals surface area contributed by atoms with Crippen molar-refractivity contribution >= 4 is 60.2 Å². The number of hydrogen-bond donors (Lipinski definition) is 2. The summed E-state index contributed by atoms with van der Waals surface area (Å²) in [4.78, 5) is 35.7. The van der Waals surface area contributed by atoms with Crippen molar-refractivity contribution < 1.29 is 23.8 Å². The van der Waals surface area contributed by atoms with Gasteiger partial charge in [-0.3, -0.25) is 14.5 Å². The van der Waals surface area contributed by atoms with Crippen LogP contribution in [0, 0.1) is 0 Å². The molecule has 3 heterocycles. The molecule has 2 amide bonds. The standard InChI is InChI=1S/C33H35B2N3O5/c1-41-29-10-19(11-30(42-2)33(29)43-3)22(26-17-37-28-7-5-21(35)14-24(26)28)15-32(40)38-9-8-18(12-31(38)39)25-16-36-27-6-4-20(34)13-23(25)27/h4-7,10-11,13-14,16-18,22,36-37H,8-9,12,15,34-35H2,1-3H3. The lowest BCUT2D eigenvalue weighted by Gasteiger charge is -2.31. The molecule has 3 aromatic carbocycles. The molecule has 218 valence electrons. The number of imide groups is 1. The van der Waals surface area contributed by atoms with Crippen molar-refractivity contribution in [3.63, 3.8) is 0 Å². The summed E-state index contributed by atoms with van der Waals surface area (Å²) >= 11 is 0. The highest BCUT2D eigenvalue weighted by atomic mass is 16.5. The maximum atomic E-state index is 14.0. The summed E-state index contributed by atoms with van der Waals surface area (Å²) in [5, 5.41) is 2.18. The minimum atomic E-state index is -0.362. The van der Waals surface area contributed by atoms with Crippen LogP contribution >= 0.6 is 0 Å². The average Bonchev–Trinajstić information content (AvgIpc) is 3.62. The predicted molar refractivity (Wildman–Crippen MR) is 174 cm³/mol. The summed E-state index contributed by atoms with van der Waals surface area (Å²) in [6.07, 6.45) is 5.10. The number of fused-ring (bicyclic) bond motifs is 2. The summed E-state index contributed by atoms with van der Waals surface area (Å²) in [6.45, 7) is 0.385. The van der Waals surface area contributed by atoms with Crippen LogP contribution in [0.5, 0.6) is 17.2 Å². The predicted octanol–water partition coefficient (Wildman–Crippen LogP) is 2.65. The van der Waals surface area contributed by atoms with E-state index < -0.39 is 0 Å². The summed E-state index contributed by atoms with van der Waals surface area (Å²) in [7, 11) is 8.84. The van der Waals surface area contributed by atoms with E-state index in [0.29, 0.717) is 30.2 Å². The Balaban J connectivity index is 1.32. The van der Waals surface area contributed by atoms with Crippen LogP contribution in [0.4, 0.5) is 0 Å². The van der Waals surface area contributed by atoms with Crippen molar-refractivity contribution in [1.29, 1.82) is 0 Å². The number of ether oxygens (including phenoxy) is 3. The highest BCUT2D eigenvalue weighted by molar-refractivity contribution is 6.33. The Morgan fingerprint density at radius 1 is 0.907 bits per heavy atom. The summed E-state index contributed by atoms with van der Waals surface area (Å²) < 4.78 is 16.9. The molecule has 0 bridgehead atoms. The molecule has 2 atom stereocenters. The lowest BCUT2D eigenvalue weighted by atomic mass is 9.84. The Bertz CT molecular complexity index is 1820. The number of aromatic amines is 2. The molecule has 0 saturated carbocycles. The maximum absolute atomic E-state index is 14.0. The van der Waals surface area contributed by atoms with Crippen LogP contribution in [-0.2, 0) is 9.59 Å². The molecule has 5 aromatic rings. The SMILES string of the molecule is Bc1ccc2[nH]cc(C3CCN(C(=O)CC(c4cc(OC)c(OC)c(OC)c4)c4c[nH]c5ccc(B)cc45)C(=O)C3)c2c1. The number of benzene rings is 3. The van der Waals surface area contributed by atoms with Crippen LogP contribution < -0.4 is 25.1 Å². The topological polar surface area (TPSA) is 96.7 Å². The van der Waals surface area contributed by atoms with Crippen LogP contribution in [0.25, 0.3) is 21.8 Å². The van der Waals surface area contributed by atoms with E-state index in [-0.39, 0.29) is 30.1 Å². The first kappa shape index (κ1) is 28.5. The normalized spacial score (nSPS) is 16.0. The monoisotopic (exact) mass is 575 g/mol. The minimum Gasteiger partial charge on any atom is -0.493 e. The summed E-state index contributed by atoms with van der Waals surface area (Å²) in [5.41, 5.74) is 7.29. The zero-order valence-corrected chi connectivity index (χ0v) is 25.2. The average molecular weight is 575 g/mol. The van der Waals surface area contributed by atoms with Crippen molar-refractivity contribution in [3.8, 4) is 17.2 Å². The van der Waals surface area contributed by atoms with E-state index >= 15 is 0 Å². The Morgan fingerprint density at radius 3 is 2.16 bits per heavy atom. The molecule has 1 fully saturated rings. The van der Waals surface area contributed by atoms with E-state index in [1.54, 1.807) is 21.3 Å². The first-order valence-corrected chi connectivity index (χ1v) is 14.6. The number of amides is 2. The number of piperidine rings is 1. The Kier molecular flexibility index (Phi) is 7.69. The van der Waals surface area contributed by atoms with Gasteiger partial charge >= 0.3 is 0 Å². The maximum Gasteiger partial charge on any atom is 0.230 e. The third kappa shape index (κ3) is 5.26. The van der Waals surface area contributed by atoms with Crippen LogP contribution in [0.3, 0.4) is 0 Å². The van der Waals surface area contributed by atoms with Gasteiger partial charge in [-0.15, -0.1) is 0 Å². The molecule has 2 unspecified atom stereocenters. The number of nitrogens with zero attached hydrogens (tertiary/aromatic N) is 1. The van der Waals surface area contributed by atoms with E-state index in [4.69, 9.17) is 14.2 Å². The molecule has 8 nitrogen and oxygen atoms in total. The van der Waals surface area contributed by atoms with Gasteiger partial charge in [-0.25, -0.2) is 0 Å². The number of rotatable bonds is 8. The summed E-state index contributed by atoms with van der Waals surface area (Å²) in [6, 6.07) is 16.3. The van der Waals surface area contributed by atoms with Crippen LogP contribution in [0.2, 0.25) is 0 Å². The summed E-state index contributed by atoms with van der Waals surface area (Å²) in [5.74, 6) is 0.875. The number of aromatic nitrogens is 2. The molecule has 6 rings (SSSR count). The number of H-pyrrole nitrogens is 2. The minimum absolute atomic E-state index is 0.0644. The third-order valence-corrected chi connectivity index (χ3v) is 8.75. The van der Waals surface area contributed by atoms with Gasteiger partial charge in [-0.05, 0) is 53.3 Å². The number of likely N-dealkylation sites (tertiary alicyclic amines) is 1. The molecule has 10 heteroatoms. The molecular weight excluding hydrogens is 540 g/mol. The van der Waals surface area contributed by atoms with Gasteiger partial charge in [-0.2, -0.15) is 0 Å². The molecule has 43 heavy (non-hydrogen) atoms. The van der Waals surface area contributed by atoms with Gasteiger partial charge in [0.25, 0.3) is 0 Å². The molecule has 1 saturated heterocycles. The lowest BCUT2D eigenvalue weighted by Crippen LogP contribution is -2.42.